The van der Waals surface area contributed by atoms with Crippen LogP contribution >= 0.6 is 0 Å². The zero-order chi connectivity index (χ0) is 11.8. The van der Waals surface area contributed by atoms with Crippen LogP contribution in [0.25, 0.3) is 0 Å². The summed E-state index contributed by atoms with van der Waals surface area (Å²) in [5.74, 6) is 0.979. The second-order valence-corrected chi connectivity index (χ2v) is 6.10. The van der Waals surface area contributed by atoms with Crippen molar-refractivity contribution in [3.05, 3.63) is 0 Å². The molecule has 1 heterocycles. The fourth-order valence-corrected chi connectivity index (χ4v) is 3.41. The first-order valence-electron chi connectivity index (χ1n) is 7.38. The fourth-order valence-electron chi connectivity index (χ4n) is 3.41. The topological polar surface area (TPSA) is 24.5 Å². The van der Waals surface area contributed by atoms with Crippen LogP contribution in [0.5, 0.6) is 0 Å². The van der Waals surface area contributed by atoms with E-state index in [1.165, 1.54) is 38.8 Å². The van der Waals surface area contributed by atoms with Gasteiger partial charge in [-0.1, -0.05) is 0 Å². The van der Waals surface area contributed by atoms with E-state index >= 15 is 0 Å². The van der Waals surface area contributed by atoms with Gasteiger partial charge in [0.05, 0.1) is 6.10 Å². The lowest BCUT2D eigenvalue weighted by Gasteiger charge is -2.49. The molecule has 0 amide bonds. The third kappa shape index (κ3) is 2.51. The van der Waals surface area contributed by atoms with Gasteiger partial charge in [-0.05, 0) is 45.4 Å². The van der Waals surface area contributed by atoms with Crippen molar-refractivity contribution >= 4 is 0 Å². The SMILES string of the molecule is CCOC1CC(N2CC(C3CC3)NCC2C)C1. The highest BCUT2D eigenvalue weighted by molar-refractivity contribution is 4.98. The smallest absolute Gasteiger partial charge is 0.0604 e. The Balaban J connectivity index is 1.51. The molecule has 0 aromatic carbocycles. The third-order valence-corrected chi connectivity index (χ3v) is 4.78. The van der Waals surface area contributed by atoms with Gasteiger partial charge in [0.15, 0.2) is 0 Å². The quantitative estimate of drug-likeness (QED) is 0.805. The minimum Gasteiger partial charge on any atom is -0.378 e. The van der Waals surface area contributed by atoms with E-state index in [0.717, 1.165) is 24.6 Å². The predicted octanol–water partition coefficient (Wildman–Crippen LogP) is 1.63. The number of rotatable bonds is 4. The van der Waals surface area contributed by atoms with Crippen LogP contribution in [0.4, 0.5) is 0 Å². The third-order valence-electron chi connectivity index (χ3n) is 4.78. The summed E-state index contributed by atoms with van der Waals surface area (Å²) in [6.07, 6.45) is 5.97. The summed E-state index contributed by atoms with van der Waals surface area (Å²) in [6, 6.07) is 2.28. The van der Waals surface area contributed by atoms with Crippen LogP contribution in [0.3, 0.4) is 0 Å². The molecule has 2 atom stereocenters. The lowest BCUT2D eigenvalue weighted by molar-refractivity contribution is -0.0649. The second kappa shape index (κ2) is 4.87. The summed E-state index contributed by atoms with van der Waals surface area (Å²) in [4.78, 5) is 2.75. The lowest BCUT2D eigenvalue weighted by atomic mass is 9.85. The Bertz CT molecular complexity index is 261. The Morgan fingerprint density at radius 1 is 1.29 bits per heavy atom. The van der Waals surface area contributed by atoms with Crippen molar-refractivity contribution < 1.29 is 4.74 Å². The highest BCUT2D eigenvalue weighted by Crippen LogP contribution is 2.37. The molecule has 2 unspecified atom stereocenters. The van der Waals surface area contributed by atoms with Crippen LogP contribution in [0.1, 0.15) is 39.5 Å². The number of hydrogen-bond donors (Lipinski definition) is 1. The zero-order valence-corrected chi connectivity index (χ0v) is 11.2. The van der Waals surface area contributed by atoms with Crippen LogP contribution in [-0.4, -0.2) is 48.8 Å². The normalized spacial score (nSPS) is 43.4. The van der Waals surface area contributed by atoms with Crippen LogP contribution < -0.4 is 5.32 Å². The van der Waals surface area contributed by atoms with E-state index in [1.54, 1.807) is 0 Å². The van der Waals surface area contributed by atoms with Crippen molar-refractivity contribution in [2.45, 2.75) is 63.8 Å². The Hall–Kier alpha value is -0.120. The first kappa shape index (κ1) is 11.9. The average Bonchev–Trinajstić information content (AvgIpc) is 3.08. The van der Waals surface area contributed by atoms with Crippen molar-refractivity contribution in [3.63, 3.8) is 0 Å². The van der Waals surface area contributed by atoms with Crippen LogP contribution in [0.2, 0.25) is 0 Å². The van der Waals surface area contributed by atoms with Crippen LogP contribution in [0, 0.1) is 5.92 Å². The molecule has 3 nitrogen and oxygen atoms in total. The maximum atomic E-state index is 5.68. The largest absolute Gasteiger partial charge is 0.378 e. The summed E-state index contributed by atoms with van der Waals surface area (Å²) >= 11 is 0. The van der Waals surface area contributed by atoms with E-state index in [-0.39, 0.29) is 0 Å². The summed E-state index contributed by atoms with van der Waals surface area (Å²) in [5.41, 5.74) is 0. The summed E-state index contributed by atoms with van der Waals surface area (Å²) < 4.78 is 5.68. The average molecular weight is 238 g/mol. The van der Waals surface area contributed by atoms with Crippen molar-refractivity contribution in [3.8, 4) is 0 Å². The summed E-state index contributed by atoms with van der Waals surface area (Å²) in [5, 5.41) is 3.73. The van der Waals surface area contributed by atoms with E-state index in [9.17, 15) is 0 Å². The minimum absolute atomic E-state index is 0.548. The molecule has 0 spiro atoms. The van der Waals surface area contributed by atoms with Crippen LogP contribution in [0.15, 0.2) is 0 Å². The molecule has 0 aromatic rings. The molecular weight excluding hydrogens is 212 g/mol. The molecule has 0 radical (unpaired) electrons. The van der Waals surface area contributed by atoms with Crippen molar-refractivity contribution in [2.24, 2.45) is 5.92 Å². The number of hydrogen-bond acceptors (Lipinski definition) is 3. The molecule has 2 saturated carbocycles. The van der Waals surface area contributed by atoms with E-state index in [4.69, 9.17) is 4.74 Å². The molecule has 1 aliphatic heterocycles. The molecular formula is C14H26N2O. The van der Waals surface area contributed by atoms with Gasteiger partial charge in [-0.15, -0.1) is 0 Å². The molecule has 2 aliphatic carbocycles. The van der Waals surface area contributed by atoms with Crippen LogP contribution in [-0.2, 0) is 4.74 Å². The Morgan fingerprint density at radius 2 is 2.06 bits per heavy atom. The van der Waals surface area contributed by atoms with Crippen molar-refractivity contribution in [1.29, 1.82) is 0 Å². The molecule has 17 heavy (non-hydrogen) atoms. The van der Waals surface area contributed by atoms with Gasteiger partial charge in [0, 0.05) is 37.8 Å². The Kier molecular flexibility index (Phi) is 3.42. The number of ether oxygens (including phenoxy) is 1. The van der Waals surface area contributed by atoms with Gasteiger partial charge in [0.1, 0.15) is 0 Å². The zero-order valence-electron chi connectivity index (χ0n) is 11.2. The van der Waals surface area contributed by atoms with E-state index in [0.29, 0.717) is 12.1 Å². The Morgan fingerprint density at radius 3 is 2.71 bits per heavy atom. The molecule has 3 rings (SSSR count). The summed E-state index contributed by atoms with van der Waals surface area (Å²) in [6.45, 7) is 7.79. The van der Waals surface area contributed by atoms with Gasteiger partial charge >= 0.3 is 0 Å². The molecule has 3 heteroatoms. The molecule has 1 N–H and O–H groups in total. The van der Waals surface area contributed by atoms with Gasteiger partial charge in [-0.2, -0.15) is 0 Å². The maximum absolute atomic E-state index is 5.68. The fraction of sp³-hybridized carbons (Fsp3) is 1.00. The van der Waals surface area contributed by atoms with E-state index < -0.39 is 0 Å². The van der Waals surface area contributed by atoms with Gasteiger partial charge in [-0.3, -0.25) is 4.90 Å². The first-order chi connectivity index (χ1) is 8.28. The molecule has 0 aromatic heterocycles. The van der Waals surface area contributed by atoms with Gasteiger partial charge in [-0.25, -0.2) is 0 Å². The lowest BCUT2D eigenvalue weighted by Crippen LogP contribution is -2.62. The number of nitrogens with zero attached hydrogens (tertiary/aromatic N) is 1. The maximum Gasteiger partial charge on any atom is 0.0604 e. The van der Waals surface area contributed by atoms with E-state index in [2.05, 4.69) is 24.1 Å². The summed E-state index contributed by atoms with van der Waals surface area (Å²) in [7, 11) is 0. The molecule has 3 fully saturated rings. The minimum atomic E-state index is 0.548. The van der Waals surface area contributed by atoms with Gasteiger partial charge in [0.25, 0.3) is 0 Å². The first-order valence-corrected chi connectivity index (χ1v) is 7.38. The Labute approximate surface area is 105 Å². The molecule has 0 bridgehead atoms. The molecule has 3 aliphatic rings. The van der Waals surface area contributed by atoms with Crippen molar-refractivity contribution in [2.75, 3.05) is 19.7 Å². The standard InChI is InChI=1S/C14H26N2O/c1-3-17-13-6-12(7-13)16-9-14(11-4-5-11)15-8-10(16)2/h10-15H,3-9H2,1-2H3. The number of nitrogens with one attached hydrogen (secondary N) is 1. The molecule has 1 saturated heterocycles. The molecule has 98 valence electrons. The van der Waals surface area contributed by atoms with Gasteiger partial charge < -0.3 is 10.1 Å². The highest BCUT2D eigenvalue weighted by atomic mass is 16.5. The van der Waals surface area contributed by atoms with Crippen molar-refractivity contribution in [1.82, 2.24) is 10.2 Å². The van der Waals surface area contributed by atoms with Gasteiger partial charge in [0.2, 0.25) is 0 Å². The second-order valence-electron chi connectivity index (χ2n) is 6.10. The highest BCUT2D eigenvalue weighted by Gasteiger charge is 2.42. The van der Waals surface area contributed by atoms with E-state index in [1.807, 2.05) is 0 Å². The number of piperazine rings is 1. The predicted molar refractivity (Wildman–Crippen MR) is 69.1 cm³/mol. The monoisotopic (exact) mass is 238 g/mol.